The Morgan fingerprint density at radius 1 is 1.55 bits per heavy atom. The van der Waals surface area contributed by atoms with Crippen molar-refractivity contribution in [2.75, 3.05) is 7.11 Å². The van der Waals surface area contributed by atoms with Gasteiger partial charge >= 0.3 is 0 Å². The number of ether oxygens (including phenoxy) is 1. The number of halogens is 2. The molecule has 0 bridgehead atoms. The van der Waals surface area contributed by atoms with Crippen LogP contribution in [0.1, 0.15) is 0 Å². The summed E-state index contributed by atoms with van der Waals surface area (Å²) in [4.78, 5) is 0.592. The lowest BCUT2D eigenvalue weighted by Gasteiger charge is -2.03. The summed E-state index contributed by atoms with van der Waals surface area (Å²) in [6.45, 7) is 0. The number of methoxy groups -OCH3 is 1. The minimum Gasteiger partial charge on any atom is -0.496 e. The first kappa shape index (κ1) is 8.68. The van der Waals surface area contributed by atoms with Crippen LogP contribution >= 0.6 is 21.7 Å². The summed E-state index contributed by atoms with van der Waals surface area (Å²) in [6, 6.07) is 4.20. The van der Waals surface area contributed by atoms with Gasteiger partial charge in [-0.25, -0.2) is 4.39 Å². The Labute approximate surface area is 73.0 Å². The molecule has 0 aromatic heterocycles. The second-order valence-corrected chi connectivity index (χ2v) is 2.93. The van der Waals surface area contributed by atoms with Gasteiger partial charge in [0.25, 0.3) is 0 Å². The maximum atomic E-state index is 12.5. The lowest BCUT2D eigenvalue weighted by molar-refractivity contribution is 0.403. The van der Waals surface area contributed by atoms with E-state index in [1.54, 1.807) is 6.07 Å². The molecule has 0 unspecified atom stereocenters. The van der Waals surface area contributed by atoms with Crippen LogP contribution in [0.15, 0.2) is 23.1 Å². The fourth-order valence-corrected chi connectivity index (χ4v) is 1.46. The third kappa shape index (κ3) is 2.01. The van der Waals surface area contributed by atoms with E-state index in [-0.39, 0.29) is 5.82 Å². The van der Waals surface area contributed by atoms with Gasteiger partial charge in [-0.05, 0) is 39.9 Å². The van der Waals surface area contributed by atoms with Crippen LogP contribution in [-0.2, 0) is 0 Å². The first-order valence-corrected chi connectivity index (χ1v) is 4.54. The zero-order valence-electron chi connectivity index (χ0n) is 5.80. The molecule has 4 heteroatoms. The quantitative estimate of drug-likeness (QED) is 0.712. The van der Waals surface area contributed by atoms with Crippen LogP contribution in [0.2, 0.25) is 0 Å². The van der Waals surface area contributed by atoms with Gasteiger partial charge in [0.2, 0.25) is 0 Å². The van der Waals surface area contributed by atoms with Crippen molar-refractivity contribution in [1.29, 1.82) is 0 Å². The molecule has 0 amide bonds. The maximum Gasteiger partial charge on any atom is 0.133 e. The van der Waals surface area contributed by atoms with Crippen LogP contribution in [-0.4, -0.2) is 7.11 Å². The number of rotatable bonds is 2. The summed E-state index contributed by atoms with van der Waals surface area (Å²) in [7, 11) is 7.91. The summed E-state index contributed by atoms with van der Waals surface area (Å²) in [5, 5.41) is 0. The topological polar surface area (TPSA) is 9.23 Å². The van der Waals surface area contributed by atoms with E-state index in [1.165, 1.54) is 19.2 Å². The largest absolute Gasteiger partial charge is 0.496 e. The van der Waals surface area contributed by atoms with Gasteiger partial charge in [-0.3, -0.25) is 0 Å². The Hall–Kier alpha value is -0.410. The second-order valence-electron chi connectivity index (χ2n) is 1.87. The minimum atomic E-state index is -0.311. The van der Waals surface area contributed by atoms with Crippen molar-refractivity contribution in [2.45, 2.75) is 4.90 Å². The average molecular weight is 193 g/mol. The summed E-state index contributed by atoms with van der Waals surface area (Å²) >= 11 is 0. The van der Waals surface area contributed by atoms with Crippen LogP contribution in [0, 0.1) is 5.82 Å². The van der Waals surface area contributed by atoms with Crippen molar-refractivity contribution in [1.82, 2.24) is 0 Å². The number of benzene rings is 1. The smallest absolute Gasteiger partial charge is 0.133 e. The predicted octanol–water partition coefficient (Wildman–Crippen LogP) is 3.08. The molecule has 1 aromatic carbocycles. The van der Waals surface area contributed by atoms with Gasteiger partial charge in [0, 0.05) is 0 Å². The average Bonchev–Trinajstić information content (AvgIpc) is 2.04. The standard InChI is InChI=1S/C7H6ClFOS/c1-10-6-3-2-5(9)4-7(6)11-8/h2-4H,1H3. The van der Waals surface area contributed by atoms with E-state index in [0.29, 0.717) is 10.6 Å². The third-order valence-corrected chi connectivity index (χ3v) is 2.19. The van der Waals surface area contributed by atoms with Gasteiger partial charge in [0.05, 0.1) is 12.0 Å². The lowest BCUT2D eigenvalue weighted by atomic mass is 10.3. The molecule has 0 aliphatic rings. The van der Waals surface area contributed by atoms with E-state index in [9.17, 15) is 4.39 Å². The van der Waals surface area contributed by atoms with Crippen molar-refractivity contribution in [3.63, 3.8) is 0 Å². The first-order chi connectivity index (χ1) is 5.27. The zero-order chi connectivity index (χ0) is 8.27. The summed E-state index contributed by atoms with van der Waals surface area (Å²) < 4.78 is 17.5. The van der Waals surface area contributed by atoms with Crippen molar-refractivity contribution in [2.24, 2.45) is 0 Å². The van der Waals surface area contributed by atoms with Gasteiger partial charge in [-0.2, -0.15) is 0 Å². The molecule has 0 heterocycles. The maximum absolute atomic E-state index is 12.5. The van der Waals surface area contributed by atoms with Crippen LogP contribution < -0.4 is 4.74 Å². The van der Waals surface area contributed by atoms with Crippen LogP contribution in [0.5, 0.6) is 5.75 Å². The minimum absolute atomic E-state index is 0.311. The van der Waals surface area contributed by atoms with Crippen LogP contribution in [0.25, 0.3) is 0 Å². The van der Waals surface area contributed by atoms with Crippen molar-refractivity contribution >= 4 is 21.7 Å². The number of hydrogen-bond acceptors (Lipinski definition) is 2. The van der Waals surface area contributed by atoms with Crippen molar-refractivity contribution in [3.05, 3.63) is 24.0 Å². The Morgan fingerprint density at radius 3 is 2.82 bits per heavy atom. The zero-order valence-corrected chi connectivity index (χ0v) is 7.38. The molecule has 1 rings (SSSR count). The van der Waals surface area contributed by atoms with E-state index >= 15 is 0 Å². The van der Waals surface area contributed by atoms with Gasteiger partial charge in [0.1, 0.15) is 11.6 Å². The second kappa shape index (κ2) is 3.83. The molecule has 0 aliphatic heterocycles. The highest BCUT2D eigenvalue weighted by atomic mass is 35.7. The van der Waals surface area contributed by atoms with Gasteiger partial charge in [-0.1, -0.05) is 0 Å². The van der Waals surface area contributed by atoms with E-state index in [0.717, 1.165) is 11.0 Å². The molecule has 1 nitrogen and oxygen atoms in total. The van der Waals surface area contributed by atoms with E-state index in [1.807, 2.05) is 0 Å². The summed E-state index contributed by atoms with van der Waals surface area (Å²) in [5.74, 6) is 0.278. The summed E-state index contributed by atoms with van der Waals surface area (Å²) in [5.41, 5.74) is 0. The van der Waals surface area contributed by atoms with E-state index < -0.39 is 0 Å². The third-order valence-electron chi connectivity index (χ3n) is 1.21. The molecule has 11 heavy (non-hydrogen) atoms. The Morgan fingerprint density at radius 2 is 2.27 bits per heavy atom. The molecule has 0 spiro atoms. The van der Waals surface area contributed by atoms with Crippen LogP contribution in [0.4, 0.5) is 4.39 Å². The Bertz CT molecular complexity index is 254. The first-order valence-electron chi connectivity index (χ1n) is 2.90. The number of hydrogen-bond donors (Lipinski definition) is 0. The van der Waals surface area contributed by atoms with Gasteiger partial charge < -0.3 is 4.74 Å². The molecule has 0 aliphatic carbocycles. The normalized spacial score (nSPS) is 9.73. The molecule has 0 saturated carbocycles. The molecule has 60 valence electrons. The molecular weight excluding hydrogens is 187 g/mol. The molecular formula is C7H6ClFOS. The molecule has 0 N–H and O–H groups in total. The lowest BCUT2D eigenvalue weighted by Crippen LogP contribution is -1.85. The van der Waals surface area contributed by atoms with Crippen molar-refractivity contribution in [3.8, 4) is 5.75 Å². The highest BCUT2D eigenvalue weighted by Gasteiger charge is 2.02. The van der Waals surface area contributed by atoms with E-state index in [2.05, 4.69) is 0 Å². The molecule has 0 radical (unpaired) electrons. The molecule has 1 aromatic rings. The van der Waals surface area contributed by atoms with E-state index in [4.69, 9.17) is 15.4 Å². The Kier molecular flexibility index (Phi) is 3.02. The van der Waals surface area contributed by atoms with Crippen molar-refractivity contribution < 1.29 is 9.13 Å². The molecule has 0 atom stereocenters. The summed E-state index contributed by atoms with van der Waals surface area (Å²) in [6.07, 6.45) is 0. The Balaban J connectivity index is 3.06. The molecule has 0 fully saturated rings. The van der Waals surface area contributed by atoms with Gasteiger partial charge in [0.15, 0.2) is 0 Å². The monoisotopic (exact) mass is 192 g/mol. The fraction of sp³-hybridized carbons (Fsp3) is 0.143. The fourth-order valence-electron chi connectivity index (χ4n) is 0.711. The predicted molar refractivity (Wildman–Crippen MR) is 44.7 cm³/mol. The van der Waals surface area contributed by atoms with Crippen LogP contribution in [0.3, 0.4) is 0 Å². The van der Waals surface area contributed by atoms with Gasteiger partial charge in [-0.15, -0.1) is 0 Å². The molecule has 0 saturated heterocycles. The highest BCUT2D eigenvalue weighted by Crippen LogP contribution is 2.31. The highest BCUT2D eigenvalue weighted by molar-refractivity contribution is 8.21. The SMILES string of the molecule is COc1ccc(F)cc1SCl.